The van der Waals surface area contributed by atoms with E-state index < -0.39 is 0 Å². The lowest BCUT2D eigenvalue weighted by atomic mass is 10.2. The molecule has 3 heteroatoms. The lowest BCUT2D eigenvalue weighted by molar-refractivity contribution is 0.408. The van der Waals surface area contributed by atoms with Crippen molar-refractivity contribution in [3.8, 4) is 5.75 Å². The molecule has 0 spiro atoms. The van der Waals surface area contributed by atoms with Crippen molar-refractivity contribution in [2.45, 2.75) is 6.54 Å². The molecule has 100 valence electrons. The van der Waals surface area contributed by atoms with Crippen molar-refractivity contribution in [2.75, 3.05) is 7.11 Å². The van der Waals surface area contributed by atoms with Crippen LogP contribution in [0.2, 0.25) is 0 Å². The second-order valence-corrected chi connectivity index (χ2v) is 4.56. The third-order valence-corrected chi connectivity index (χ3v) is 3.39. The predicted molar refractivity (Wildman–Crippen MR) is 81.9 cm³/mol. The minimum Gasteiger partial charge on any atom is -0.496 e. The number of fused-ring (bicyclic) bond motifs is 1. The van der Waals surface area contributed by atoms with Gasteiger partial charge in [0.1, 0.15) is 11.6 Å². The van der Waals surface area contributed by atoms with Crippen molar-refractivity contribution < 1.29 is 4.74 Å². The molecule has 3 rings (SSSR count). The maximum atomic E-state index is 5.42. The lowest BCUT2D eigenvalue weighted by Crippen LogP contribution is -2.03. The smallest absolute Gasteiger partial charge is 0.133 e. The third-order valence-electron chi connectivity index (χ3n) is 3.39. The van der Waals surface area contributed by atoms with Crippen LogP contribution < -0.4 is 4.74 Å². The fraction of sp³-hybridized carbons (Fsp3) is 0.118. The fourth-order valence-corrected chi connectivity index (χ4v) is 2.42. The first kappa shape index (κ1) is 12.5. The van der Waals surface area contributed by atoms with Crippen LogP contribution >= 0.6 is 0 Å². The number of aromatic nitrogens is 2. The highest BCUT2D eigenvalue weighted by molar-refractivity contribution is 5.77. The summed E-state index contributed by atoms with van der Waals surface area (Å²) >= 11 is 0. The average Bonchev–Trinajstić information content (AvgIpc) is 2.86. The number of benzene rings is 2. The summed E-state index contributed by atoms with van der Waals surface area (Å²) in [5, 5.41) is 0. The van der Waals surface area contributed by atoms with Gasteiger partial charge in [-0.15, -0.1) is 0 Å². The number of rotatable bonds is 4. The number of para-hydroxylation sites is 3. The molecule has 3 aromatic rings. The number of methoxy groups -OCH3 is 1. The average molecular weight is 264 g/mol. The van der Waals surface area contributed by atoms with Crippen LogP contribution in [0.4, 0.5) is 0 Å². The molecule has 0 bridgehead atoms. The quantitative estimate of drug-likeness (QED) is 0.718. The Labute approximate surface area is 118 Å². The van der Waals surface area contributed by atoms with Crippen LogP contribution in [0.15, 0.2) is 55.1 Å². The lowest BCUT2D eigenvalue weighted by Gasteiger charge is -2.11. The zero-order valence-electron chi connectivity index (χ0n) is 11.4. The largest absolute Gasteiger partial charge is 0.496 e. The van der Waals surface area contributed by atoms with E-state index in [0.29, 0.717) is 6.54 Å². The minimum atomic E-state index is 0.714. The van der Waals surface area contributed by atoms with Crippen LogP contribution in [0.5, 0.6) is 5.75 Å². The van der Waals surface area contributed by atoms with Crippen molar-refractivity contribution in [3.05, 3.63) is 66.5 Å². The molecule has 0 atom stereocenters. The van der Waals surface area contributed by atoms with Crippen LogP contribution in [0, 0.1) is 0 Å². The maximum Gasteiger partial charge on any atom is 0.133 e. The van der Waals surface area contributed by atoms with Gasteiger partial charge in [-0.3, -0.25) is 0 Å². The van der Waals surface area contributed by atoms with E-state index in [1.165, 1.54) is 0 Å². The van der Waals surface area contributed by atoms with Crippen LogP contribution in [-0.4, -0.2) is 16.7 Å². The molecule has 2 aromatic carbocycles. The molecule has 20 heavy (non-hydrogen) atoms. The van der Waals surface area contributed by atoms with Gasteiger partial charge in [0.2, 0.25) is 0 Å². The van der Waals surface area contributed by atoms with Crippen LogP contribution in [0.3, 0.4) is 0 Å². The molecule has 0 aliphatic heterocycles. The van der Waals surface area contributed by atoms with Gasteiger partial charge < -0.3 is 9.30 Å². The van der Waals surface area contributed by atoms with E-state index >= 15 is 0 Å². The Balaban J connectivity index is 2.12. The van der Waals surface area contributed by atoms with Gasteiger partial charge in [-0.25, -0.2) is 4.98 Å². The summed E-state index contributed by atoms with van der Waals surface area (Å²) in [6, 6.07) is 16.1. The highest BCUT2D eigenvalue weighted by Crippen LogP contribution is 2.23. The Morgan fingerprint density at radius 2 is 1.90 bits per heavy atom. The summed E-state index contributed by atoms with van der Waals surface area (Å²) in [4.78, 5) is 4.59. The van der Waals surface area contributed by atoms with E-state index in [4.69, 9.17) is 4.74 Å². The molecule has 1 heterocycles. The van der Waals surface area contributed by atoms with Crippen molar-refractivity contribution in [2.24, 2.45) is 0 Å². The van der Waals surface area contributed by atoms with Crippen LogP contribution in [-0.2, 0) is 6.54 Å². The Bertz CT molecular complexity index is 759. The summed E-state index contributed by atoms with van der Waals surface area (Å²) in [5.74, 6) is 1.76. The molecular formula is C17H16N2O. The SMILES string of the molecule is C=Cc1nc2ccccc2n1Cc1ccccc1OC. The standard InChI is InChI=1S/C17H16N2O/c1-3-17-18-14-9-5-6-10-15(14)19(17)12-13-8-4-7-11-16(13)20-2/h3-11H,1,12H2,2H3. The van der Waals surface area contributed by atoms with Gasteiger partial charge in [0, 0.05) is 5.56 Å². The molecule has 0 saturated carbocycles. The van der Waals surface area contributed by atoms with Gasteiger partial charge in [-0.2, -0.15) is 0 Å². The zero-order valence-corrected chi connectivity index (χ0v) is 11.4. The summed E-state index contributed by atoms with van der Waals surface area (Å²) in [6.07, 6.45) is 1.79. The number of nitrogens with zero attached hydrogens (tertiary/aromatic N) is 2. The molecule has 0 saturated heterocycles. The molecule has 0 aliphatic carbocycles. The molecule has 0 amide bonds. The van der Waals surface area contributed by atoms with Gasteiger partial charge in [0.15, 0.2) is 0 Å². The van der Waals surface area contributed by atoms with Crippen LogP contribution in [0.1, 0.15) is 11.4 Å². The number of hydrogen-bond donors (Lipinski definition) is 0. The molecule has 0 fully saturated rings. The Morgan fingerprint density at radius 1 is 1.15 bits per heavy atom. The van der Waals surface area contributed by atoms with Crippen LogP contribution in [0.25, 0.3) is 17.1 Å². The zero-order chi connectivity index (χ0) is 13.9. The van der Waals surface area contributed by atoms with Gasteiger partial charge in [-0.05, 0) is 24.3 Å². The van der Waals surface area contributed by atoms with Gasteiger partial charge >= 0.3 is 0 Å². The van der Waals surface area contributed by atoms with E-state index in [1.807, 2.05) is 36.4 Å². The monoisotopic (exact) mass is 264 g/mol. The molecular weight excluding hydrogens is 248 g/mol. The van der Waals surface area contributed by atoms with E-state index in [-0.39, 0.29) is 0 Å². The normalized spacial score (nSPS) is 10.7. The topological polar surface area (TPSA) is 27.1 Å². The molecule has 1 aromatic heterocycles. The summed E-state index contributed by atoms with van der Waals surface area (Å²) in [7, 11) is 1.69. The summed E-state index contributed by atoms with van der Waals surface area (Å²) in [5.41, 5.74) is 3.21. The van der Waals surface area contributed by atoms with Crippen molar-refractivity contribution in [1.82, 2.24) is 9.55 Å². The van der Waals surface area contributed by atoms with Gasteiger partial charge in [0.25, 0.3) is 0 Å². The van der Waals surface area contributed by atoms with E-state index in [2.05, 4.69) is 28.3 Å². The van der Waals surface area contributed by atoms with E-state index in [0.717, 1.165) is 28.2 Å². The highest BCUT2D eigenvalue weighted by Gasteiger charge is 2.10. The van der Waals surface area contributed by atoms with E-state index in [1.54, 1.807) is 13.2 Å². The Hall–Kier alpha value is -2.55. The van der Waals surface area contributed by atoms with Gasteiger partial charge in [-0.1, -0.05) is 36.9 Å². The molecule has 0 radical (unpaired) electrons. The first-order chi connectivity index (χ1) is 9.83. The molecule has 0 unspecified atom stereocenters. The first-order valence-electron chi connectivity index (χ1n) is 6.53. The molecule has 0 N–H and O–H groups in total. The predicted octanol–water partition coefficient (Wildman–Crippen LogP) is 3.74. The fourth-order valence-electron chi connectivity index (χ4n) is 2.42. The molecule has 0 aliphatic rings. The highest BCUT2D eigenvalue weighted by atomic mass is 16.5. The van der Waals surface area contributed by atoms with Crippen molar-refractivity contribution in [1.29, 1.82) is 0 Å². The number of ether oxygens (including phenoxy) is 1. The Morgan fingerprint density at radius 3 is 2.70 bits per heavy atom. The maximum absolute atomic E-state index is 5.42. The minimum absolute atomic E-state index is 0.714. The van der Waals surface area contributed by atoms with E-state index in [9.17, 15) is 0 Å². The Kier molecular flexibility index (Phi) is 3.25. The number of imidazole rings is 1. The second kappa shape index (κ2) is 5.21. The second-order valence-electron chi connectivity index (χ2n) is 4.56. The third kappa shape index (κ3) is 2.07. The van der Waals surface area contributed by atoms with Gasteiger partial charge in [0.05, 0.1) is 24.7 Å². The summed E-state index contributed by atoms with van der Waals surface area (Å²) in [6.45, 7) is 4.57. The van der Waals surface area contributed by atoms with Crippen molar-refractivity contribution in [3.63, 3.8) is 0 Å². The summed E-state index contributed by atoms with van der Waals surface area (Å²) < 4.78 is 7.57. The molecule has 3 nitrogen and oxygen atoms in total. The van der Waals surface area contributed by atoms with Crippen molar-refractivity contribution >= 4 is 17.1 Å². The number of hydrogen-bond acceptors (Lipinski definition) is 2. The first-order valence-corrected chi connectivity index (χ1v) is 6.53.